The van der Waals surface area contributed by atoms with Crippen LogP contribution in [0, 0.1) is 11.8 Å². The monoisotopic (exact) mass is 288 g/mol. The third kappa shape index (κ3) is 5.46. The molecule has 0 aliphatic heterocycles. The number of esters is 2. The zero-order valence-electron chi connectivity index (χ0n) is 12.3. The molecule has 6 heteroatoms. The number of hydrogen-bond donors (Lipinski definition) is 0. The molecule has 0 aromatic carbocycles. The normalized spacial score (nSPS) is 22.3. The minimum absolute atomic E-state index is 0.0629. The highest BCUT2D eigenvalue weighted by atomic mass is 16.7. The molecule has 2 unspecified atom stereocenters. The van der Waals surface area contributed by atoms with E-state index in [0.29, 0.717) is 26.1 Å². The van der Waals surface area contributed by atoms with Crippen LogP contribution in [0.15, 0.2) is 0 Å². The predicted octanol–water partition coefficient (Wildman–Crippen LogP) is 1.87. The van der Waals surface area contributed by atoms with E-state index in [9.17, 15) is 9.59 Å². The number of carbonyl (C=O) groups is 2. The van der Waals surface area contributed by atoms with Crippen LogP contribution in [0.5, 0.6) is 0 Å². The summed E-state index contributed by atoms with van der Waals surface area (Å²) in [6.45, 7) is 4.49. The van der Waals surface area contributed by atoms with Crippen molar-refractivity contribution >= 4 is 11.9 Å². The lowest BCUT2D eigenvalue weighted by atomic mass is 9.79. The molecule has 0 aromatic rings. The van der Waals surface area contributed by atoms with Gasteiger partial charge in [-0.25, -0.2) is 0 Å². The summed E-state index contributed by atoms with van der Waals surface area (Å²) >= 11 is 0. The largest absolute Gasteiger partial charge is 0.438 e. The van der Waals surface area contributed by atoms with E-state index < -0.39 is 11.8 Å². The summed E-state index contributed by atoms with van der Waals surface area (Å²) in [7, 11) is 0. The highest BCUT2D eigenvalue weighted by molar-refractivity contribution is 5.82. The van der Waals surface area contributed by atoms with Crippen LogP contribution in [0.1, 0.15) is 39.5 Å². The van der Waals surface area contributed by atoms with Gasteiger partial charge in [0, 0.05) is 13.2 Å². The minimum Gasteiger partial charge on any atom is -0.438 e. The number of rotatable bonds is 8. The van der Waals surface area contributed by atoms with Crippen molar-refractivity contribution < 1.29 is 28.5 Å². The number of carbonyl (C=O) groups excluding carboxylic acids is 2. The quantitative estimate of drug-likeness (QED) is 0.386. The second-order valence-electron chi connectivity index (χ2n) is 4.65. The molecule has 0 spiro atoms. The average molecular weight is 288 g/mol. The Labute approximate surface area is 119 Å². The van der Waals surface area contributed by atoms with Gasteiger partial charge in [0.15, 0.2) is 13.6 Å². The molecule has 0 saturated heterocycles. The van der Waals surface area contributed by atoms with Crippen LogP contribution in [-0.4, -0.2) is 38.7 Å². The Morgan fingerprint density at radius 2 is 1.25 bits per heavy atom. The zero-order valence-corrected chi connectivity index (χ0v) is 12.3. The van der Waals surface area contributed by atoms with E-state index in [1.807, 2.05) is 13.8 Å². The molecule has 1 saturated carbocycles. The van der Waals surface area contributed by atoms with Crippen molar-refractivity contribution in [2.24, 2.45) is 11.8 Å². The first-order valence-electron chi connectivity index (χ1n) is 7.19. The van der Waals surface area contributed by atoms with E-state index in [-0.39, 0.29) is 25.5 Å². The van der Waals surface area contributed by atoms with E-state index in [1.54, 1.807) is 0 Å². The predicted molar refractivity (Wildman–Crippen MR) is 70.6 cm³/mol. The lowest BCUT2D eigenvalue weighted by Crippen LogP contribution is -2.35. The molecular weight excluding hydrogens is 264 g/mol. The van der Waals surface area contributed by atoms with Crippen LogP contribution in [0.25, 0.3) is 0 Å². The summed E-state index contributed by atoms with van der Waals surface area (Å²) in [5, 5.41) is 0. The fourth-order valence-electron chi connectivity index (χ4n) is 2.28. The lowest BCUT2D eigenvalue weighted by molar-refractivity contribution is -0.175. The Hall–Kier alpha value is -1.14. The van der Waals surface area contributed by atoms with Gasteiger partial charge in [0.1, 0.15) is 0 Å². The molecular formula is C14H24O6. The summed E-state index contributed by atoms with van der Waals surface area (Å²) in [6.07, 6.45) is 3.14. The van der Waals surface area contributed by atoms with Gasteiger partial charge >= 0.3 is 11.9 Å². The van der Waals surface area contributed by atoms with Crippen molar-refractivity contribution in [3.63, 3.8) is 0 Å². The number of ether oxygens (including phenoxy) is 4. The van der Waals surface area contributed by atoms with Crippen molar-refractivity contribution in [2.75, 3.05) is 26.8 Å². The third-order valence-electron chi connectivity index (χ3n) is 3.35. The Kier molecular flexibility index (Phi) is 8.22. The van der Waals surface area contributed by atoms with Gasteiger partial charge in [-0.3, -0.25) is 9.59 Å². The van der Waals surface area contributed by atoms with E-state index in [0.717, 1.165) is 12.8 Å². The van der Waals surface area contributed by atoms with Gasteiger partial charge in [-0.05, 0) is 26.7 Å². The van der Waals surface area contributed by atoms with Crippen LogP contribution < -0.4 is 0 Å². The van der Waals surface area contributed by atoms with Gasteiger partial charge in [-0.1, -0.05) is 12.8 Å². The molecule has 6 nitrogen and oxygen atoms in total. The average Bonchev–Trinajstić information content (AvgIpc) is 2.47. The van der Waals surface area contributed by atoms with Gasteiger partial charge < -0.3 is 18.9 Å². The lowest BCUT2D eigenvalue weighted by Gasteiger charge is -2.28. The van der Waals surface area contributed by atoms with Crippen molar-refractivity contribution in [1.82, 2.24) is 0 Å². The Bertz CT molecular complexity index is 274. The first-order chi connectivity index (χ1) is 9.70. The molecule has 0 amide bonds. The molecule has 20 heavy (non-hydrogen) atoms. The summed E-state index contributed by atoms with van der Waals surface area (Å²) in [4.78, 5) is 24.0. The fraction of sp³-hybridized carbons (Fsp3) is 0.857. The fourth-order valence-corrected chi connectivity index (χ4v) is 2.28. The summed E-state index contributed by atoms with van der Waals surface area (Å²) < 4.78 is 20.0. The molecule has 1 aliphatic carbocycles. The van der Waals surface area contributed by atoms with E-state index in [2.05, 4.69) is 0 Å². The SMILES string of the molecule is CCOCOC(=O)C1CCCCC1C(=O)OCOCC. The molecule has 2 atom stereocenters. The summed E-state index contributed by atoms with van der Waals surface area (Å²) in [6, 6.07) is 0. The van der Waals surface area contributed by atoms with Crippen LogP contribution >= 0.6 is 0 Å². The van der Waals surface area contributed by atoms with Gasteiger partial charge in [0.2, 0.25) is 0 Å². The van der Waals surface area contributed by atoms with Crippen LogP contribution in [0.2, 0.25) is 0 Å². The smallest absolute Gasteiger partial charge is 0.311 e. The van der Waals surface area contributed by atoms with Crippen LogP contribution in [0.4, 0.5) is 0 Å². The molecule has 0 bridgehead atoms. The highest BCUT2D eigenvalue weighted by Gasteiger charge is 2.37. The third-order valence-corrected chi connectivity index (χ3v) is 3.35. The van der Waals surface area contributed by atoms with Crippen molar-refractivity contribution in [3.8, 4) is 0 Å². The maximum Gasteiger partial charge on any atom is 0.311 e. The van der Waals surface area contributed by atoms with E-state index >= 15 is 0 Å². The van der Waals surface area contributed by atoms with E-state index in [1.165, 1.54) is 0 Å². The van der Waals surface area contributed by atoms with Crippen LogP contribution in [-0.2, 0) is 28.5 Å². The van der Waals surface area contributed by atoms with Crippen molar-refractivity contribution in [2.45, 2.75) is 39.5 Å². The maximum atomic E-state index is 12.0. The molecule has 0 heterocycles. The summed E-state index contributed by atoms with van der Waals surface area (Å²) in [5.74, 6) is -1.62. The topological polar surface area (TPSA) is 71.1 Å². The molecule has 0 radical (unpaired) electrons. The first-order valence-corrected chi connectivity index (χ1v) is 7.19. The Morgan fingerprint density at radius 3 is 1.60 bits per heavy atom. The number of hydrogen-bond acceptors (Lipinski definition) is 6. The zero-order chi connectivity index (χ0) is 14.8. The minimum atomic E-state index is -0.432. The van der Waals surface area contributed by atoms with Gasteiger partial charge in [-0.15, -0.1) is 0 Å². The first kappa shape index (κ1) is 16.9. The second-order valence-corrected chi connectivity index (χ2v) is 4.65. The van der Waals surface area contributed by atoms with Gasteiger partial charge in [0.05, 0.1) is 11.8 Å². The van der Waals surface area contributed by atoms with Crippen molar-refractivity contribution in [1.29, 1.82) is 0 Å². The standard InChI is InChI=1S/C14H24O6/c1-3-17-9-19-13(15)11-7-5-6-8-12(11)14(16)20-10-18-4-2/h11-12H,3-10H2,1-2H3. The van der Waals surface area contributed by atoms with Gasteiger partial charge in [0.25, 0.3) is 0 Å². The molecule has 0 N–H and O–H groups in total. The Balaban J connectivity index is 2.48. The maximum absolute atomic E-state index is 12.0. The molecule has 116 valence electrons. The molecule has 1 fully saturated rings. The summed E-state index contributed by atoms with van der Waals surface area (Å²) in [5.41, 5.74) is 0. The Morgan fingerprint density at radius 1 is 0.850 bits per heavy atom. The molecule has 0 aromatic heterocycles. The second kappa shape index (κ2) is 9.72. The van der Waals surface area contributed by atoms with E-state index in [4.69, 9.17) is 18.9 Å². The van der Waals surface area contributed by atoms with Crippen molar-refractivity contribution in [3.05, 3.63) is 0 Å². The highest BCUT2D eigenvalue weighted by Crippen LogP contribution is 2.32. The van der Waals surface area contributed by atoms with Crippen LogP contribution in [0.3, 0.4) is 0 Å². The van der Waals surface area contributed by atoms with Gasteiger partial charge in [-0.2, -0.15) is 0 Å². The molecule has 1 aliphatic rings. The molecule has 1 rings (SSSR count).